The van der Waals surface area contributed by atoms with E-state index in [-0.39, 0.29) is 5.41 Å². The zero-order valence-electron chi connectivity index (χ0n) is 15.7. The van der Waals surface area contributed by atoms with Gasteiger partial charge in [-0.1, -0.05) is 32.6 Å². The van der Waals surface area contributed by atoms with E-state index >= 15 is 0 Å². The van der Waals surface area contributed by atoms with Crippen LogP contribution in [0.15, 0.2) is 4.99 Å². The van der Waals surface area contributed by atoms with Crippen molar-refractivity contribution in [1.82, 2.24) is 15.5 Å². The first-order chi connectivity index (χ1) is 11.7. The Morgan fingerprint density at radius 3 is 2.17 bits per heavy atom. The van der Waals surface area contributed by atoms with Gasteiger partial charge in [0.05, 0.1) is 13.2 Å². The molecule has 0 radical (unpaired) electrons. The topological polar surface area (TPSA) is 48.9 Å². The predicted molar refractivity (Wildman–Crippen MR) is 99.5 cm³/mol. The van der Waals surface area contributed by atoms with Gasteiger partial charge in [0, 0.05) is 31.1 Å². The van der Waals surface area contributed by atoms with Gasteiger partial charge >= 0.3 is 0 Å². The summed E-state index contributed by atoms with van der Waals surface area (Å²) in [6, 6.07) is 0. The van der Waals surface area contributed by atoms with Crippen LogP contribution in [0.3, 0.4) is 0 Å². The van der Waals surface area contributed by atoms with Crippen molar-refractivity contribution in [2.75, 3.05) is 46.4 Å². The molecular formula is C19H36N4O. The molecule has 3 aliphatic rings. The number of hydrogen-bond donors (Lipinski definition) is 2. The quantitative estimate of drug-likeness (QED) is 0.598. The summed E-state index contributed by atoms with van der Waals surface area (Å²) in [6.45, 7) is 8.51. The standard InChI is InChI=1S/C19H36N4O/c1-18(15-24-16-18)13-21-17(20-2)22-14-19(9-5-3-6-10-19)23-11-7-4-8-12-23/h3-16H2,1-2H3,(H2,20,21,22). The van der Waals surface area contributed by atoms with Gasteiger partial charge in [-0.15, -0.1) is 0 Å². The van der Waals surface area contributed by atoms with Crippen molar-refractivity contribution < 1.29 is 4.74 Å². The molecule has 1 aliphatic carbocycles. The summed E-state index contributed by atoms with van der Waals surface area (Å²) in [4.78, 5) is 7.23. The van der Waals surface area contributed by atoms with E-state index in [1.807, 2.05) is 7.05 Å². The Labute approximate surface area is 147 Å². The van der Waals surface area contributed by atoms with Crippen LogP contribution in [0.5, 0.6) is 0 Å². The molecule has 2 N–H and O–H groups in total. The summed E-state index contributed by atoms with van der Waals surface area (Å²) in [6.07, 6.45) is 11.0. The fourth-order valence-corrected chi connectivity index (χ4v) is 4.50. The summed E-state index contributed by atoms with van der Waals surface area (Å²) >= 11 is 0. The molecule has 0 amide bonds. The number of hydrogen-bond acceptors (Lipinski definition) is 3. The molecule has 24 heavy (non-hydrogen) atoms. The number of aliphatic imine (C=N–C) groups is 1. The van der Waals surface area contributed by atoms with Crippen molar-refractivity contribution in [2.45, 2.75) is 63.8 Å². The zero-order valence-corrected chi connectivity index (χ0v) is 15.7. The average Bonchev–Trinajstić information content (AvgIpc) is 2.62. The van der Waals surface area contributed by atoms with Gasteiger partial charge in [-0.05, 0) is 38.8 Å². The van der Waals surface area contributed by atoms with Gasteiger partial charge in [0.25, 0.3) is 0 Å². The van der Waals surface area contributed by atoms with Crippen LogP contribution >= 0.6 is 0 Å². The Balaban J connectivity index is 1.55. The highest BCUT2D eigenvalue weighted by atomic mass is 16.5. The first-order valence-electron chi connectivity index (χ1n) is 9.93. The molecule has 2 saturated heterocycles. The Kier molecular flexibility index (Phi) is 6.03. The Morgan fingerprint density at radius 2 is 1.58 bits per heavy atom. The van der Waals surface area contributed by atoms with Crippen LogP contribution in [-0.2, 0) is 4.74 Å². The maximum atomic E-state index is 5.35. The second-order valence-corrected chi connectivity index (χ2v) is 8.42. The lowest BCUT2D eigenvalue weighted by atomic mass is 9.79. The van der Waals surface area contributed by atoms with Crippen LogP contribution in [0.4, 0.5) is 0 Å². The van der Waals surface area contributed by atoms with E-state index in [9.17, 15) is 0 Å². The van der Waals surface area contributed by atoms with Crippen LogP contribution < -0.4 is 10.6 Å². The summed E-state index contributed by atoms with van der Waals surface area (Å²) in [5, 5.41) is 7.17. The number of nitrogens with zero attached hydrogens (tertiary/aromatic N) is 2. The molecule has 1 saturated carbocycles. The number of rotatable bonds is 5. The fourth-order valence-electron chi connectivity index (χ4n) is 4.50. The normalized spacial score (nSPS) is 27.3. The molecular weight excluding hydrogens is 300 g/mol. The summed E-state index contributed by atoms with van der Waals surface area (Å²) in [5.41, 5.74) is 0.618. The lowest BCUT2D eigenvalue weighted by Gasteiger charge is -2.48. The van der Waals surface area contributed by atoms with E-state index in [0.717, 1.165) is 32.3 Å². The van der Waals surface area contributed by atoms with E-state index in [4.69, 9.17) is 4.74 Å². The predicted octanol–water partition coefficient (Wildman–Crippen LogP) is 2.38. The molecule has 5 nitrogen and oxygen atoms in total. The molecule has 3 fully saturated rings. The molecule has 0 aromatic rings. The fraction of sp³-hybridized carbons (Fsp3) is 0.947. The molecule has 138 valence electrons. The Bertz CT molecular complexity index is 421. The molecule has 0 aromatic carbocycles. The van der Waals surface area contributed by atoms with Crippen LogP contribution in [0.2, 0.25) is 0 Å². The minimum Gasteiger partial charge on any atom is -0.380 e. The minimum absolute atomic E-state index is 0.271. The van der Waals surface area contributed by atoms with Gasteiger partial charge in [0.15, 0.2) is 5.96 Å². The molecule has 2 heterocycles. The maximum absolute atomic E-state index is 5.35. The third-order valence-corrected chi connectivity index (χ3v) is 6.20. The van der Waals surface area contributed by atoms with E-state index < -0.39 is 0 Å². The van der Waals surface area contributed by atoms with Crippen LogP contribution in [0.1, 0.15) is 58.3 Å². The number of nitrogens with one attached hydrogen (secondary N) is 2. The number of guanidine groups is 1. The third kappa shape index (κ3) is 4.23. The van der Waals surface area contributed by atoms with E-state index in [2.05, 4.69) is 27.4 Å². The molecule has 3 rings (SSSR count). The van der Waals surface area contributed by atoms with Crippen molar-refractivity contribution in [3.8, 4) is 0 Å². The summed E-state index contributed by atoms with van der Waals surface area (Å²) in [7, 11) is 1.88. The van der Waals surface area contributed by atoms with E-state index in [0.29, 0.717) is 5.54 Å². The van der Waals surface area contributed by atoms with Gasteiger partial charge in [-0.2, -0.15) is 0 Å². The van der Waals surface area contributed by atoms with Crippen molar-refractivity contribution >= 4 is 5.96 Å². The molecule has 0 unspecified atom stereocenters. The first kappa shape index (κ1) is 18.0. The van der Waals surface area contributed by atoms with Gasteiger partial charge < -0.3 is 15.4 Å². The molecule has 2 aliphatic heterocycles. The first-order valence-corrected chi connectivity index (χ1v) is 9.93. The molecule has 0 aromatic heterocycles. The maximum Gasteiger partial charge on any atom is 0.191 e. The second-order valence-electron chi connectivity index (χ2n) is 8.42. The van der Waals surface area contributed by atoms with Crippen LogP contribution in [0, 0.1) is 5.41 Å². The highest BCUT2D eigenvalue weighted by Gasteiger charge is 2.38. The Morgan fingerprint density at radius 1 is 0.958 bits per heavy atom. The largest absolute Gasteiger partial charge is 0.380 e. The van der Waals surface area contributed by atoms with Crippen LogP contribution in [-0.4, -0.2) is 62.8 Å². The zero-order chi connectivity index (χ0) is 16.9. The highest BCUT2D eigenvalue weighted by molar-refractivity contribution is 5.79. The molecule has 5 heteroatoms. The van der Waals surface area contributed by atoms with Crippen molar-refractivity contribution in [3.63, 3.8) is 0 Å². The lowest BCUT2D eigenvalue weighted by molar-refractivity contribution is -0.0971. The minimum atomic E-state index is 0.271. The lowest BCUT2D eigenvalue weighted by Crippen LogP contribution is -2.59. The van der Waals surface area contributed by atoms with Crippen molar-refractivity contribution in [3.05, 3.63) is 0 Å². The SMILES string of the molecule is CN=C(NCC1(C)COC1)NCC1(N2CCCCC2)CCCCC1. The molecule has 0 bridgehead atoms. The third-order valence-electron chi connectivity index (χ3n) is 6.20. The summed E-state index contributed by atoms with van der Waals surface area (Å²) < 4.78 is 5.35. The number of piperidine rings is 1. The molecule has 0 spiro atoms. The smallest absolute Gasteiger partial charge is 0.191 e. The highest BCUT2D eigenvalue weighted by Crippen LogP contribution is 2.35. The van der Waals surface area contributed by atoms with Crippen molar-refractivity contribution in [2.24, 2.45) is 10.4 Å². The van der Waals surface area contributed by atoms with E-state index in [1.54, 1.807) is 0 Å². The van der Waals surface area contributed by atoms with Gasteiger partial charge in [0.2, 0.25) is 0 Å². The Hall–Kier alpha value is -0.810. The number of ether oxygens (including phenoxy) is 1. The van der Waals surface area contributed by atoms with Crippen LogP contribution in [0.25, 0.3) is 0 Å². The summed E-state index contributed by atoms with van der Waals surface area (Å²) in [5.74, 6) is 0.949. The van der Waals surface area contributed by atoms with Crippen molar-refractivity contribution in [1.29, 1.82) is 0 Å². The number of likely N-dealkylation sites (tertiary alicyclic amines) is 1. The van der Waals surface area contributed by atoms with E-state index in [1.165, 1.54) is 64.5 Å². The van der Waals surface area contributed by atoms with Gasteiger partial charge in [-0.3, -0.25) is 9.89 Å². The monoisotopic (exact) mass is 336 g/mol. The average molecular weight is 337 g/mol. The van der Waals surface area contributed by atoms with Gasteiger partial charge in [-0.25, -0.2) is 0 Å². The molecule has 0 atom stereocenters. The second kappa shape index (κ2) is 8.05. The van der Waals surface area contributed by atoms with Gasteiger partial charge in [0.1, 0.15) is 0 Å².